The summed E-state index contributed by atoms with van der Waals surface area (Å²) in [6.45, 7) is 1.77. The molecule has 0 radical (unpaired) electrons. The monoisotopic (exact) mass is 265 g/mol. The standard InChI is InChI=1S/C12H9ClFN3O/c1-7-5-16-11(6-15-7)12(18)17-10-3-2-8(14)4-9(10)13/h2-6H,1H3,(H,17,18). The fraction of sp³-hybridized carbons (Fsp3) is 0.0833. The Morgan fingerprint density at radius 3 is 2.72 bits per heavy atom. The van der Waals surface area contributed by atoms with Crippen LogP contribution in [0.15, 0.2) is 30.6 Å². The third-order valence-electron chi connectivity index (χ3n) is 2.19. The first-order valence-electron chi connectivity index (χ1n) is 5.11. The van der Waals surface area contributed by atoms with E-state index in [4.69, 9.17) is 11.6 Å². The molecule has 4 nitrogen and oxygen atoms in total. The lowest BCUT2D eigenvalue weighted by molar-refractivity contribution is 0.102. The van der Waals surface area contributed by atoms with E-state index in [1.807, 2.05) is 0 Å². The van der Waals surface area contributed by atoms with Crippen molar-refractivity contribution in [2.75, 3.05) is 5.32 Å². The number of aryl methyl sites for hydroxylation is 1. The van der Waals surface area contributed by atoms with Crippen LogP contribution < -0.4 is 5.32 Å². The number of amides is 1. The van der Waals surface area contributed by atoms with Gasteiger partial charge in [-0.2, -0.15) is 0 Å². The number of nitrogens with one attached hydrogen (secondary N) is 1. The molecular weight excluding hydrogens is 257 g/mol. The Labute approximate surface area is 108 Å². The number of carbonyl (C=O) groups is 1. The second-order valence-corrected chi connectivity index (χ2v) is 4.03. The van der Waals surface area contributed by atoms with Crippen molar-refractivity contribution >= 4 is 23.2 Å². The lowest BCUT2D eigenvalue weighted by Gasteiger charge is -2.06. The summed E-state index contributed by atoms with van der Waals surface area (Å²) in [5.74, 6) is -0.913. The Bertz CT molecular complexity index is 586. The molecule has 1 amide bonds. The summed E-state index contributed by atoms with van der Waals surface area (Å²) in [6.07, 6.45) is 2.85. The third kappa shape index (κ3) is 2.81. The number of hydrogen-bond donors (Lipinski definition) is 1. The van der Waals surface area contributed by atoms with Crippen LogP contribution in [0.5, 0.6) is 0 Å². The van der Waals surface area contributed by atoms with Crippen molar-refractivity contribution in [3.63, 3.8) is 0 Å². The predicted molar refractivity (Wildman–Crippen MR) is 66.1 cm³/mol. The molecule has 0 aliphatic carbocycles. The van der Waals surface area contributed by atoms with Crippen molar-refractivity contribution in [1.29, 1.82) is 0 Å². The zero-order chi connectivity index (χ0) is 13.1. The quantitative estimate of drug-likeness (QED) is 0.908. The van der Waals surface area contributed by atoms with Gasteiger partial charge in [0.15, 0.2) is 0 Å². The van der Waals surface area contributed by atoms with Crippen LogP contribution in [0.25, 0.3) is 0 Å². The van der Waals surface area contributed by atoms with Crippen molar-refractivity contribution in [1.82, 2.24) is 9.97 Å². The molecule has 0 aliphatic heterocycles. The molecular formula is C12H9ClFN3O. The Morgan fingerprint density at radius 2 is 2.11 bits per heavy atom. The Kier molecular flexibility index (Phi) is 3.53. The van der Waals surface area contributed by atoms with Gasteiger partial charge in [0.1, 0.15) is 11.5 Å². The summed E-state index contributed by atoms with van der Waals surface area (Å²) in [5.41, 5.74) is 1.21. The molecule has 0 bridgehead atoms. The van der Waals surface area contributed by atoms with Gasteiger partial charge in [0.05, 0.1) is 22.6 Å². The maximum atomic E-state index is 12.8. The first-order valence-corrected chi connectivity index (χ1v) is 5.49. The van der Waals surface area contributed by atoms with E-state index >= 15 is 0 Å². The van der Waals surface area contributed by atoms with Crippen molar-refractivity contribution < 1.29 is 9.18 Å². The van der Waals surface area contributed by atoms with E-state index in [-0.39, 0.29) is 10.7 Å². The average molecular weight is 266 g/mol. The highest BCUT2D eigenvalue weighted by atomic mass is 35.5. The zero-order valence-corrected chi connectivity index (χ0v) is 10.2. The summed E-state index contributed by atoms with van der Waals surface area (Å²) in [6, 6.07) is 3.72. The average Bonchev–Trinajstić information content (AvgIpc) is 2.33. The molecule has 0 fully saturated rings. The number of nitrogens with zero attached hydrogens (tertiary/aromatic N) is 2. The number of anilines is 1. The van der Waals surface area contributed by atoms with Crippen LogP contribution in [0.2, 0.25) is 5.02 Å². The van der Waals surface area contributed by atoms with Crippen LogP contribution in [0.1, 0.15) is 16.2 Å². The summed E-state index contributed by atoms with van der Waals surface area (Å²) < 4.78 is 12.8. The highest BCUT2D eigenvalue weighted by Gasteiger charge is 2.10. The van der Waals surface area contributed by atoms with E-state index in [9.17, 15) is 9.18 Å². The van der Waals surface area contributed by atoms with E-state index in [0.717, 1.165) is 6.07 Å². The fourth-order valence-corrected chi connectivity index (χ4v) is 1.50. The van der Waals surface area contributed by atoms with E-state index in [0.29, 0.717) is 11.4 Å². The van der Waals surface area contributed by atoms with Crippen molar-refractivity contribution in [3.05, 3.63) is 52.8 Å². The number of carbonyl (C=O) groups excluding carboxylic acids is 1. The molecule has 0 atom stereocenters. The van der Waals surface area contributed by atoms with Crippen LogP contribution in [0, 0.1) is 12.7 Å². The number of benzene rings is 1. The zero-order valence-electron chi connectivity index (χ0n) is 9.45. The molecule has 1 heterocycles. The molecule has 0 saturated carbocycles. The molecule has 18 heavy (non-hydrogen) atoms. The van der Waals surface area contributed by atoms with Gasteiger partial charge in [-0.25, -0.2) is 9.37 Å². The normalized spacial score (nSPS) is 10.2. The Hall–Kier alpha value is -2.01. The first-order chi connectivity index (χ1) is 8.56. The summed E-state index contributed by atoms with van der Waals surface area (Å²) >= 11 is 5.80. The second-order valence-electron chi connectivity index (χ2n) is 3.62. The minimum Gasteiger partial charge on any atom is -0.319 e. The molecule has 1 aromatic carbocycles. The van der Waals surface area contributed by atoms with Gasteiger partial charge in [-0.3, -0.25) is 9.78 Å². The van der Waals surface area contributed by atoms with Crippen molar-refractivity contribution in [3.8, 4) is 0 Å². The van der Waals surface area contributed by atoms with Gasteiger partial charge >= 0.3 is 0 Å². The smallest absolute Gasteiger partial charge is 0.275 e. The SMILES string of the molecule is Cc1cnc(C(=O)Nc2ccc(F)cc2Cl)cn1. The molecule has 1 aromatic heterocycles. The Balaban J connectivity index is 2.18. The molecule has 1 N–H and O–H groups in total. The summed E-state index contributed by atoms with van der Waals surface area (Å²) in [4.78, 5) is 19.7. The maximum absolute atomic E-state index is 12.8. The first kappa shape index (κ1) is 12.4. The number of rotatable bonds is 2. The van der Waals surface area contributed by atoms with E-state index in [1.54, 1.807) is 6.92 Å². The number of aromatic nitrogens is 2. The third-order valence-corrected chi connectivity index (χ3v) is 2.51. The minimum atomic E-state index is -0.465. The Morgan fingerprint density at radius 1 is 1.33 bits per heavy atom. The van der Waals surface area contributed by atoms with E-state index < -0.39 is 11.7 Å². The summed E-state index contributed by atoms with van der Waals surface area (Å²) in [7, 11) is 0. The molecule has 0 saturated heterocycles. The highest BCUT2D eigenvalue weighted by Crippen LogP contribution is 2.22. The van der Waals surface area contributed by atoms with Crippen molar-refractivity contribution in [2.24, 2.45) is 0 Å². The van der Waals surface area contributed by atoms with Gasteiger partial charge in [-0.1, -0.05) is 11.6 Å². The molecule has 0 spiro atoms. The lowest BCUT2D eigenvalue weighted by Crippen LogP contribution is -2.14. The van der Waals surface area contributed by atoms with E-state index in [2.05, 4.69) is 15.3 Å². The van der Waals surface area contributed by atoms with E-state index in [1.165, 1.54) is 24.5 Å². The largest absolute Gasteiger partial charge is 0.319 e. The fourth-order valence-electron chi connectivity index (χ4n) is 1.29. The molecule has 0 aliphatic rings. The molecule has 2 aromatic rings. The number of hydrogen-bond acceptors (Lipinski definition) is 3. The van der Waals surface area contributed by atoms with Gasteiger partial charge in [0.2, 0.25) is 0 Å². The maximum Gasteiger partial charge on any atom is 0.275 e. The van der Waals surface area contributed by atoms with Gasteiger partial charge in [-0.05, 0) is 25.1 Å². The van der Waals surface area contributed by atoms with Crippen LogP contribution in [0.4, 0.5) is 10.1 Å². The minimum absolute atomic E-state index is 0.128. The van der Waals surface area contributed by atoms with Gasteiger partial charge in [-0.15, -0.1) is 0 Å². The van der Waals surface area contributed by atoms with Gasteiger partial charge in [0, 0.05) is 6.20 Å². The van der Waals surface area contributed by atoms with Crippen LogP contribution in [0.3, 0.4) is 0 Å². The number of halogens is 2. The molecule has 0 unspecified atom stereocenters. The summed E-state index contributed by atoms with van der Waals surface area (Å²) in [5, 5.41) is 2.66. The molecule has 2 rings (SSSR count). The topological polar surface area (TPSA) is 54.9 Å². The molecule has 6 heteroatoms. The van der Waals surface area contributed by atoms with Crippen LogP contribution >= 0.6 is 11.6 Å². The molecule has 92 valence electrons. The lowest BCUT2D eigenvalue weighted by atomic mass is 10.3. The van der Waals surface area contributed by atoms with Gasteiger partial charge in [0.25, 0.3) is 5.91 Å². The van der Waals surface area contributed by atoms with Gasteiger partial charge < -0.3 is 5.32 Å². The van der Waals surface area contributed by atoms with Crippen LogP contribution in [-0.4, -0.2) is 15.9 Å². The van der Waals surface area contributed by atoms with Crippen molar-refractivity contribution in [2.45, 2.75) is 6.92 Å². The predicted octanol–water partition coefficient (Wildman–Crippen LogP) is 2.83. The van der Waals surface area contributed by atoms with Crippen LogP contribution in [-0.2, 0) is 0 Å². The highest BCUT2D eigenvalue weighted by molar-refractivity contribution is 6.33. The second kappa shape index (κ2) is 5.10.